The quantitative estimate of drug-likeness (QED) is 0.438. The Bertz CT molecular complexity index is 503. The van der Waals surface area contributed by atoms with Crippen molar-refractivity contribution in [1.29, 1.82) is 0 Å². The molecule has 5 nitrogen and oxygen atoms in total. The summed E-state index contributed by atoms with van der Waals surface area (Å²) in [7, 11) is 1.87. The Hall–Kier alpha value is -0.790. The van der Waals surface area contributed by atoms with Gasteiger partial charge in [0.15, 0.2) is 5.96 Å². The minimum absolute atomic E-state index is 0. The summed E-state index contributed by atoms with van der Waals surface area (Å²) in [6.07, 6.45) is 4.68. The molecule has 1 N–H and O–H groups in total. The van der Waals surface area contributed by atoms with Crippen molar-refractivity contribution in [2.45, 2.75) is 53.4 Å². The molecule has 2 rings (SSSR count). The molecule has 6 heteroatoms. The van der Waals surface area contributed by atoms with Gasteiger partial charge in [0.25, 0.3) is 0 Å². The molecule has 0 aliphatic carbocycles. The normalized spacial score (nSPS) is 17.3. The standard InChI is InChI=1S/C17H30N4O.HI/c1-6-17(7-2)9-11-21(12-17)16(18-5)19-10-8-15-13(3)20-22-14(15)4;/h6-12H2,1-5H3,(H,18,19);1H. The summed E-state index contributed by atoms with van der Waals surface area (Å²) >= 11 is 0. The largest absolute Gasteiger partial charge is 0.361 e. The Labute approximate surface area is 157 Å². The highest BCUT2D eigenvalue weighted by Crippen LogP contribution is 2.36. The molecule has 2 heterocycles. The lowest BCUT2D eigenvalue weighted by atomic mass is 9.82. The van der Waals surface area contributed by atoms with Gasteiger partial charge in [0.05, 0.1) is 5.69 Å². The van der Waals surface area contributed by atoms with Crippen LogP contribution in [-0.2, 0) is 6.42 Å². The highest BCUT2D eigenvalue weighted by Gasteiger charge is 2.36. The van der Waals surface area contributed by atoms with E-state index >= 15 is 0 Å². The summed E-state index contributed by atoms with van der Waals surface area (Å²) in [6, 6.07) is 0. The molecule has 0 bridgehead atoms. The number of nitrogens with one attached hydrogen (secondary N) is 1. The van der Waals surface area contributed by atoms with Crippen LogP contribution in [0, 0.1) is 19.3 Å². The van der Waals surface area contributed by atoms with Crippen LogP contribution in [0.25, 0.3) is 0 Å². The van der Waals surface area contributed by atoms with Crippen molar-refractivity contribution in [2.24, 2.45) is 10.4 Å². The van der Waals surface area contributed by atoms with Crippen molar-refractivity contribution < 1.29 is 4.52 Å². The van der Waals surface area contributed by atoms with Gasteiger partial charge in [-0.3, -0.25) is 4.99 Å². The molecule has 0 aromatic carbocycles. The Morgan fingerprint density at radius 2 is 2.04 bits per heavy atom. The van der Waals surface area contributed by atoms with E-state index in [1.165, 1.54) is 24.8 Å². The van der Waals surface area contributed by atoms with E-state index in [9.17, 15) is 0 Å². The maximum Gasteiger partial charge on any atom is 0.193 e. The third-order valence-corrected chi connectivity index (χ3v) is 5.29. The van der Waals surface area contributed by atoms with Gasteiger partial charge in [0.1, 0.15) is 5.76 Å². The number of aryl methyl sites for hydroxylation is 2. The van der Waals surface area contributed by atoms with Gasteiger partial charge in [-0.2, -0.15) is 0 Å². The number of nitrogens with zero attached hydrogens (tertiary/aromatic N) is 3. The molecule has 0 spiro atoms. The first-order chi connectivity index (χ1) is 10.5. The van der Waals surface area contributed by atoms with E-state index in [1.807, 2.05) is 20.9 Å². The summed E-state index contributed by atoms with van der Waals surface area (Å²) in [5, 5.41) is 7.51. The van der Waals surface area contributed by atoms with Crippen LogP contribution in [0.15, 0.2) is 9.52 Å². The first-order valence-electron chi connectivity index (χ1n) is 8.42. The molecule has 1 aliphatic rings. The Balaban J connectivity index is 0.00000264. The van der Waals surface area contributed by atoms with Gasteiger partial charge in [0.2, 0.25) is 0 Å². The van der Waals surface area contributed by atoms with Crippen molar-refractivity contribution in [3.63, 3.8) is 0 Å². The van der Waals surface area contributed by atoms with Crippen LogP contribution in [0.4, 0.5) is 0 Å². The van der Waals surface area contributed by atoms with Crippen LogP contribution >= 0.6 is 24.0 Å². The van der Waals surface area contributed by atoms with E-state index in [2.05, 4.69) is 34.2 Å². The molecule has 23 heavy (non-hydrogen) atoms. The molecule has 0 unspecified atom stereocenters. The average Bonchev–Trinajstić information content (AvgIpc) is 3.10. The lowest BCUT2D eigenvalue weighted by Crippen LogP contribution is -2.42. The maximum absolute atomic E-state index is 5.22. The monoisotopic (exact) mass is 434 g/mol. The summed E-state index contributed by atoms with van der Waals surface area (Å²) < 4.78 is 5.22. The number of hydrogen-bond donors (Lipinski definition) is 1. The Morgan fingerprint density at radius 1 is 1.35 bits per heavy atom. The first-order valence-corrected chi connectivity index (χ1v) is 8.42. The first kappa shape index (κ1) is 20.3. The van der Waals surface area contributed by atoms with Crippen LogP contribution in [0.2, 0.25) is 0 Å². The van der Waals surface area contributed by atoms with Crippen molar-refractivity contribution in [3.05, 3.63) is 17.0 Å². The number of guanidine groups is 1. The second-order valence-electron chi connectivity index (χ2n) is 6.41. The van der Waals surface area contributed by atoms with Gasteiger partial charge in [0, 0.05) is 32.2 Å². The second kappa shape index (κ2) is 8.89. The van der Waals surface area contributed by atoms with Crippen molar-refractivity contribution in [3.8, 4) is 0 Å². The van der Waals surface area contributed by atoms with Gasteiger partial charge in [-0.1, -0.05) is 19.0 Å². The molecular weight excluding hydrogens is 403 g/mol. The molecular formula is C17H31IN4O. The predicted octanol–water partition coefficient (Wildman–Crippen LogP) is 3.54. The zero-order chi connectivity index (χ0) is 16.2. The third kappa shape index (κ3) is 4.61. The molecule has 1 aromatic rings. The van der Waals surface area contributed by atoms with Crippen LogP contribution in [0.5, 0.6) is 0 Å². The Morgan fingerprint density at radius 3 is 2.52 bits per heavy atom. The summed E-state index contributed by atoms with van der Waals surface area (Å²) in [4.78, 5) is 6.86. The van der Waals surface area contributed by atoms with Crippen LogP contribution in [0.3, 0.4) is 0 Å². The minimum atomic E-state index is 0. The van der Waals surface area contributed by atoms with E-state index in [4.69, 9.17) is 4.52 Å². The van der Waals surface area contributed by atoms with Gasteiger partial charge < -0.3 is 14.7 Å². The molecule has 0 amide bonds. The van der Waals surface area contributed by atoms with Crippen molar-refractivity contribution >= 4 is 29.9 Å². The third-order valence-electron chi connectivity index (χ3n) is 5.29. The fourth-order valence-corrected chi connectivity index (χ4v) is 3.43. The molecule has 1 aromatic heterocycles. The molecule has 1 saturated heterocycles. The summed E-state index contributed by atoms with van der Waals surface area (Å²) in [5.74, 6) is 1.95. The highest BCUT2D eigenvalue weighted by atomic mass is 127. The second-order valence-corrected chi connectivity index (χ2v) is 6.41. The fraction of sp³-hybridized carbons (Fsp3) is 0.765. The van der Waals surface area contributed by atoms with E-state index in [0.29, 0.717) is 5.41 Å². The molecule has 132 valence electrons. The van der Waals surface area contributed by atoms with Crippen molar-refractivity contribution in [2.75, 3.05) is 26.7 Å². The lowest BCUT2D eigenvalue weighted by Gasteiger charge is -2.28. The lowest BCUT2D eigenvalue weighted by molar-refractivity contribution is 0.276. The topological polar surface area (TPSA) is 53.7 Å². The van der Waals surface area contributed by atoms with Gasteiger partial charge >= 0.3 is 0 Å². The summed E-state index contributed by atoms with van der Waals surface area (Å²) in [5.41, 5.74) is 2.67. The van der Waals surface area contributed by atoms with Gasteiger partial charge in [-0.15, -0.1) is 24.0 Å². The molecule has 1 fully saturated rings. The minimum Gasteiger partial charge on any atom is -0.361 e. The van der Waals surface area contributed by atoms with E-state index < -0.39 is 0 Å². The summed E-state index contributed by atoms with van der Waals surface area (Å²) in [6.45, 7) is 11.7. The SMILES string of the molecule is CCC1(CC)CCN(C(=NC)NCCc2c(C)noc2C)C1.I. The number of aliphatic imine (C=N–C) groups is 1. The highest BCUT2D eigenvalue weighted by molar-refractivity contribution is 14.0. The predicted molar refractivity (Wildman–Crippen MR) is 106 cm³/mol. The fourth-order valence-electron chi connectivity index (χ4n) is 3.43. The number of rotatable bonds is 5. The van der Waals surface area contributed by atoms with Gasteiger partial charge in [-0.05, 0) is 44.9 Å². The maximum atomic E-state index is 5.22. The number of halogens is 1. The molecule has 0 radical (unpaired) electrons. The van der Waals surface area contributed by atoms with Crippen LogP contribution in [0.1, 0.15) is 50.1 Å². The number of hydrogen-bond acceptors (Lipinski definition) is 3. The van der Waals surface area contributed by atoms with Crippen LogP contribution in [-0.4, -0.2) is 42.7 Å². The molecule has 0 saturated carbocycles. The number of aromatic nitrogens is 1. The molecule has 1 aliphatic heterocycles. The van der Waals surface area contributed by atoms with Crippen molar-refractivity contribution in [1.82, 2.24) is 15.4 Å². The van der Waals surface area contributed by atoms with E-state index in [0.717, 1.165) is 43.5 Å². The van der Waals surface area contributed by atoms with E-state index in [-0.39, 0.29) is 24.0 Å². The number of likely N-dealkylation sites (tertiary alicyclic amines) is 1. The Kier molecular flexibility index (Phi) is 7.83. The zero-order valence-corrected chi connectivity index (χ0v) is 17.4. The van der Waals surface area contributed by atoms with E-state index in [1.54, 1.807) is 0 Å². The van der Waals surface area contributed by atoms with Crippen LogP contribution < -0.4 is 5.32 Å². The van der Waals surface area contributed by atoms with Gasteiger partial charge in [-0.25, -0.2) is 0 Å². The molecule has 0 atom stereocenters. The zero-order valence-electron chi connectivity index (χ0n) is 15.1. The smallest absolute Gasteiger partial charge is 0.193 e. The average molecular weight is 434 g/mol.